The van der Waals surface area contributed by atoms with E-state index in [9.17, 15) is 9.18 Å². The molecule has 0 aliphatic carbocycles. The SMILES string of the molecule is CC(Oc1ccc2ccccc2c1)C(=O)NCC(C)c1ccc(F)cc1. The number of nitrogens with one attached hydrogen (secondary N) is 1. The summed E-state index contributed by atoms with van der Waals surface area (Å²) in [6, 6.07) is 20.1. The Labute approximate surface area is 152 Å². The van der Waals surface area contributed by atoms with E-state index in [0.717, 1.165) is 16.3 Å². The average Bonchev–Trinajstić information content (AvgIpc) is 2.66. The van der Waals surface area contributed by atoms with Gasteiger partial charge in [-0.1, -0.05) is 49.4 Å². The van der Waals surface area contributed by atoms with Crippen molar-refractivity contribution >= 4 is 16.7 Å². The van der Waals surface area contributed by atoms with Crippen molar-refractivity contribution < 1.29 is 13.9 Å². The van der Waals surface area contributed by atoms with E-state index in [4.69, 9.17) is 4.74 Å². The van der Waals surface area contributed by atoms with Gasteiger partial charge in [0.25, 0.3) is 5.91 Å². The molecule has 0 aliphatic rings. The third kappa shape index (κ3) is 4.39. The highest BCUT2D eigenvalue weighted by Gasteiger charge is 2.16. The summed E-state index contributed by atoms with van der Waals surface area (Å²) in [5.74, 6) is 0.319. The summed E-state index contributed by atoms with van der Waals surface area (Å²) in [4.78, 5) is 12.3. The quantitative estimate of drug-likeness (QED) is 0.701. The predicted octanol–water partition coefficient (Wildman–Crippen LogP) is 4.67. The molecule has 1 amide bonds. The number of carbonyl (C=O) groups excluding carboxylic acids is 1. The lowest BCUT2D eigenvalue weighted by molar-refractivity contribution is -0.127. The van der Waals surface area contributed by atoms with Crippen LogP contribution in [-0.2, 0) is 4.79 Å². The second kappa shape index (κ2) is 8.00. The minimum Gasteiger partial charge on any atom is -0.481 e. The summed E-state index contributed by atoms with van der Waals surface area (Å²) in [7, 11) is 0. The lowest BCUT2D eigenvalue weighted by Crippen LogP contribution is -2.38. The van der Waals surface area contributed by atoms with Crippen molar-refractivity contribution in [2.75, 3.05) is 6.54 Å². The standard InChI is InChI=1S/C22H22FNO2/c1-15(17-7-10-20(23)11-8-17)14-24-22(25)16(2)26-21-12-9-18-5-3-4-6-19(18)13-21/h3-13,15-16H,14H2,1-2H3,(H,24,25). The first-order valence-electron chi connectivity index (χ1n) is 8.71. The van der Waals surface area contributed by atoms with Crippen LogP contribution in [0.1, 0.15) is 25.3 Å². The molecule has 26 heavy (non-hydrogen) atoms. The van der Waals surface area contributed by atoms with Crippen LogP contribution in [0.25, 0.3) is 10.8 Å². The molecule has 0 saturated heterocycles. The maximum Gasteiger partial charge on any atom is 0.260 e. The van der Waals surface area contributed by atoms with Gasteiger partial charge in [0.1, 0.15) is 11.6 Å². The van der Waals surface area contributed by atoms with Gasteiger partial charge in [-0.15, -0.1) is 0 Å². The zero-order valence-corrected chi connectivity index (χ0v) is 14.9. The van der Waals surface area contributed by atoms with Gasteiger partial charge >= 0.3 is 0 Å². The molecule has 0 aromatic heterocycles. The van der Waals surface area contributed by atoms with E-state index in [1.165, 1.54) is 12.1 Å². The number of hydrogen-bond donors (Lipinski definition) is 1. The number of hydrogen-bond acceptors (Lipinski definition) is 2. The van der Waals surface area contributed by atoms with Crippen LogP contribution in [-0.4, -0.2) is 18.6 Å². The molecule has 3 aromatic rings. The van der Waals surface area contributed by atoms with Crippen molar-refractivity contribution in [2.45, 2.75) is 25.9 Å². The molecular weight excluding hydrogens is 329 g/mol. The van der Waals surface area contributed by atoms with Gasteiger partial charge in [-0.3, -0.25) is 4.79 Å². The Kier molecular flexibility index (Phi) is 5.52. The van der Waals surface area contributed by atoms with Crippen molar-refractivity contribution in [1.82, 2.24) is 5.32 Å². The summed E-state index contributed by atoms with van der Waals surface area (Å²) in [5, 5.41) is 5.10. The Morgan fingerprint density at radius 1 is 1.00 bits per heavy atom. The highest BCUT2D eigenvalue weighted by Crippen LogP contribution is 2.21. The molecule has 0 aliphatic heterocycles. The summed E-state index contributed by atoms with van der Waals surface area (Å²) < 4.78 is 18.8. The van der Waals surface area contributed by atoms with Crippen LogP contribution in [0.3, 0.4) is 0 Å². The largest absolute Gasteiger partial charge is 0.481 e. The van der Waals surface area contributed by atoms with E-state index in [1.807, 2.05) is 49.4 Å². The Morgan fingerprint density at radius 3 is 2.42 bits per heavy atom. The maximum absolute atomic E-state index is 13.0. The van der Waals surface area contributed by atoms with Gasteiger partial charge in [0.05, 0.1) is 0 Å². The minimum absolute atomic E-state index is 0.0902. The molecule has 134 valence electrons. The normalized spacial score (nSPS) is 13.2. The molecule has 0 spiro atoms. The zero-order valence-electron chi connectivity index (χ0n) is 14.9. The second-order valence-electron chi connectivity index (χ2n) is 6.47. The van der Waals surface area contributed by atoms with Crippen molar-refractivity contribution in [2.24, 2.45) is 0 Å². The monoisotopic (exact) mass is 351 g/mol. The molecular formula is C22H22FNO2. The number of rotatable bonds is 6. The van der Waals surface area contributed by atoms with E-state index >= 15 is 0 Å². The second-order valence-corrected chi connectivity index (χ2v) is 6.47. The Bertz CT molecular complexity index is 892. The smallest absolute Gasteiger partial charge is 0.260 e. The molecule has 2 atom stereocenters. The van der Waals surface area contributed by atoms with E-state index in [1.54, 1.807) is 19.1 Å². The molecule has 3 nitrogen and oxygen atoms in total. The topological polar surface area (TPSA) is 38.3 Å². The van der Waals surface area contributed by atoms with Crippen LogP contribution >= 0.6 is 0 Å². The summed E-state index contributed by atoms with van der Waals surface area (Å²) in [6.45, 7) is 4.19. The first-order valence-corrected chi connectivity index (χ1v) is 8.71. The molecule has 3 aromatic carbocycles. The summed E-state index contributed by atoms with van der Waals surface area (Å²) >= 11 is 0. The molecule has 0 heterocycles. The minimum atomic E-state index is -0.600. The third-order valence-electron chi connectivity index (χ3n) is 4.42. The molecule has 2 unspecified atom stereocenters. The van der Waals surface area contributed by atoms with Gasteiger partial charge in [0, 0.05) is 6.54 Å². The van der Waals surface area contributed by atoms with Crippen molar-refractivity contribution in [1.29, 1.82) is 0 Å². The van der Waals surface area contributed by atoms with Crippen LogP contribution in [0.4, 0.5) is 4.39 Å². The van der Waals surface area contributed by atoms with Crippen LogP contribution in [0.15, 0.2) is 66.7 Å². The highest BCUT2D eigenvalue weighted by atomic mass is 19.1. The average molecular weight is 351 g/mol. The fourth-order valence-electron chi connectivity index (χ4n) is 2.80. The Balaban J connectivity index is 1.56. The van der Waals surface area contributed by atoms with Gasteiger partial charge in [-0.25, -0.2) is 4.39 Å². The fraction of sp³-hybridized carbons (Fsp3) is 0.227. The molecule has 0 fully saturated rings. The van der Waals surface area contributed by atoms with Gasteiger partial charge in [-0.2, -0.15) is 0 Å². The zero-order chi connectivity index (χ0) is 18.5. The fourth-order valence-corrected chi connectivity index (χ4v) is 2.80. The van der Waals surface area contributed by atoms with Gasteiger partial charge in [0.15, 0.2) is 6.10 Å². The summed E-state index contributed by atoms with van der Waals surface area (Å²) in [6.07, 6.45) is -0.600. The van der Waals surface area contributed by atoms with E-state index in [-0.39, 0.29) is 17.6 Å². The van der Waals surface area contributed by atoms with E-state index < -0.39 is 6.10 Å². The molecule has 0 saturated carbocycles. The first kappa shape index (κ1) is 17.9. The van der Waals surface area contributed by atoms with Crippen molar-refractivity contribution in [3.05, 3.63) is 78.1 Å². The number of halogens is 1. The van der Waals surface area contributed by atoms with Gasteiger partial charge in [0.2, 0.25) is 0 Å². The molecule has 0 radical (unpaired) electrons. The van der Waals surface area contributed by atoms with Crippen LogP contribution in [0.2, 0.25) is 0 Å². The highest BCUT2D eigenvalue weighted by molar-refractivity contribution is 5.84. The van der Waals surface area contributed by atoms with Crippen molar-refractivity contribution in [3.8, 4) is 5.75 Å². The number of carbonyl (C=O) groups is 1. The molecule has 0 bridgehead atoms. The number of benzene rings is 3. The third-order valence-corrected chi connectivity index (χ3v) is 4.42. The number of amides is 1. The van der Waals surface area contributed by atoms with E-state index in [2.05, 4.69) is 5.32 Å². The van der Waals surface area contributed by atoms with E-state index in [0.29, 0.717) is 12.3 Å². The lowest BCUT2D eigenvalue weighted by Gasteiger charge is -2.17. The number of fused-ring (bicyclic) bond motifs is 1. The van der Waals surface area contributed by atoms with Gasteiger partial charge < -0.3 is 10.1 Å². The van der Waals surface area contributed by atoms with Crippen LogP contribution in [0, 0.1) is 5.82 Å². The maximum atomic E-state index is 13.0. The van der Waals surface area contributed by atoms with Crippen molar-refractivity contribution in [3.63, 3.8) is 0 Å². The number of ether oxygens (including phenoxy) is 1. The summed E-state index contributed by atoms with van der Waals surface area (Å²) in [5.41, 5.74) is 0.981. The first-order chi connectivity index (χ1) is 12.5. The Morgan fingerprint density at radius 2 is 1.69 bits per heavy atom. The molecule has 4 heteroatoms. The predicted molar refractivity (Wildman–Crippen MR) is 102 cm³/mol. The van der Waals surface area contributed by atoms with Gasteiger partial charge in [-0.05, 0) is 53.4 Å². The van der Waals surface area contributed by atoms with Crippen LogP contribution < -0.4 is 10.1 Å². The molecule has 3 rings (SSSR count). The van der Waals surface area contributed by atoms with Crippen LogP contribution in [0.5, 0.6) is 5.75 Å². The molecule has 1 N–H and O–H groups in total. The Hall–Kier alpha value is -2.88. The lowest BCUT2D eigenvalue weighted by atomic mass is 10.0.